The Morgan fingerprint density at radius 1 is 1.34 bits per heavy atom. The Morgan fingerprint density at radius 3 is 2.66 bits per heavy atom. The van der Waals surface area contributed by atoms with Crippen molar-refractivity contribution >= 4 is 35.8 Å². The first-order valence-electron chi connectivity index (χ1n) is 9.68. The van der Waals surface area contributed by atoms with Crippen molar-refractivity contribution in [2.45, 2.75) is 19.9 Å². The molecule has 0 bridgehead atoms. The number of morpholine rings is 1. The van der Waals surface area contributed by atoms with Gasteiger partial charge in [0.25, 0.3) is 0 Å². The zero-order valence-corrected chi connectivity index (χ0v) is 20.0. The van der Waals surface area contributed by atoms with Gasteiger partial charge < -0.3 is 20.3 Å². The average Bonchev–Trinajstić information content (AvgIpc) is 2.68. The smallest absolute Gasteiger partial charge is 0.243 e. The highest BCUT2D eigenvalue weighted by atomic mass is 127. The first-order chi connectivity index (χ1) is 13.4. The molecule has 2 N–H and O–H groups in total. The average molecular weight is 521 g/mol. The van der Waals surface area contributed by atoms with Gasteiger partial charge in [0.05, 0.1) is 19.3 Å². The summed E-state index contributed by atoms with van der Waals surface area (Å²) in [4.78, 5) is 20.1. The number of nitrogens with one attached hydrogen (secondary N) is 2. The molecule has 1 fully saturated rings. The van der Waals surface area contributed by atoms with E-state index in [-0.39, 0.29) is 48.3 Å². The van der Waals surface area contributed by atoms with Crippen LogP contribution in [0.1, 0.15) is 24.1 Å². The van der Waals surface area contributed by atoms with Crippen molar-refractivity contribution in [2.24, 2.45) is 4.99 Å². The van der Waals surface area contributed by atoms with Crippen LogP contribution in [0.5, 0.6) is 0 Å². The van der Waals surface area contributed by atoms with Crippen molar-refractivity contribution in [1.82, 2.24) is 20.4 Å². The van der Waals surface area contributed by atoms with Gasteiger partial charge in [0.2, 0.25) is 5.91 Å². The molecule has 1 aromatic rings. The van der Waals surface area contributed by atoms with Gasteiger partial charge in [-0.25, -0.2) is 9.38 Å². The SMILES string of the molecule is Cc1ccc(C(C)NC(=NCC(=O)N(C)C)NCCN2CCOCC2)cc1F.I. The number of amides is 1. The van der Waals surface area contributed by atoms with Crippen molar-refractivity contribution in [2.75, 3.05) is 60.0 Å². The lowest BCUT2D eigenvalue weighted by molar-refractivity contribution is -0.127. The van der Waals surface area contributed by atoms with Gasteiger partial charge in [-0.3, -0.25) is 9.69 Å². The number of carbonyl (C=O) groups is 1. The molecule has 0 radical (unpaired) electrons. The Labute approximate surface area is 190 Å². The van der Waals surface area contributed by atoms with E-state index in [4.69, 9.17) is 4.74 Å². The Balaban J connectivity index is 0.00000420. The fraction of sp³-hybridized carbons (Fsp3) is 0.600. The first kappa shape index (κ1) is 25.6. The van der Waals surface area contributed by atoms with Crippen LogP contribution >= 0.6 is 24.0 Å². The van der Waals surface area contributed by atoms with Crippen LogP contribution < -0.4 is 10.6 Å². The molecule has 0 aromatic heterocycles. The second kappa shape index (κ2) is 13.0. The van der Waals surface area contributed by atoms with Gasteiger partial charge in [-0.05, 0) is 31.0 Å². The third kappa shape index (κ3) is 8.83. The number of carbonyl (C=O) groups excluding carboxylic acids is 1. The lowest BCUT2D eigenvalue weighted by Gasteiger charge is -2.27. The number of nitrogens with zero attached hydrogens (tertiary/aromatic N) is 3. The van der Waals surface area contributed by atoms with E-state index in [1.165, 1.54) is 11.0 Å². The molecule has 0 spiro atoms. The highest BCUT2D eigenvalue weighted by Crippen LogP contribution is 2.16. The number of benzene rings is 1. The Kier molecular flexibility index (Phi) is 11.4. The lowest BCUT2D eigenvalue weighted by atomic mass is 10.1. The number of hydrogen-bond acceptors (Lipinski definition) is 4. The van der Waals surface area contributed by atoms with Crippen molar-refractivity contribution in [1.29, 1.82) is 0 Å². The van der Waals surface area contributed by atoms with Crippen LogP contribution in [0.3, 0.4) is 0 Å². The van der Waals surface area contributed by atoms with E-state index in [0.29, 0.717) is 18.1 Å². The Hall–Kier alpha value is -1.46. The molecule has 9 heteroatoms. The van der Waals surface area contributed by atoms with Crippen LogP contribution in [0.15, 0.2) is 23.2 Å². The van der Waals surface area contributed by atoms with Crippen molar-refractivity contribution in [3.8, 4) is 0 Å². The molecule has 1 amide bonds. The molecule has 1 unspecified atom stereocenters. The van der Waals surface area contributed by atoms with Gasteiger partial charge in [0.15, 0.2) is 5.96 Å². The third-order valence-electron chi connectivity index (χ3n) is 4.74. The van der Waals surface area contributed by atoms with Gasteiger partial charge >= 0.3 is 0 Å². The highest BCUT2D eigenvalue weighted by molar-refractivity contribution is 14.0. The van der Waals surface area contributed by atoms with Crippen molar-refractivity contribution < 1.29 is 13.9 Å². The number of ether oxygens (including phenoxy) is 1. The number of rotatable bonds is 7. The van der Waals surface area contributed by atoms with E-state index in [0.717, 1.165) is 38.4 Å². The standard InChI is InChI=1S/C20H32FN5O2.HI/c1-15-5-6-17(13-18(15)21)16(2)24-20(23-14-19(27)25(3)4)22-7-8-26-9-11-28-12-10-26;/h5-6,13,16H,7-12,14H2,1-4H3,(H2,22,23,24);1H. The zero-order valence-electron chi connectivity index (χ0n) is 17.7. The van der Waals surface area contributed by atoms with Crippen molar-refractivity contribution in [3.63, 3.8) is 0 Å². The number of guanidine groups is 1. The second-order valence-corrected chi connectivity index (χ2v) is 7.21. The summed E-state index contributed by atoms with van der Waals surface area (Å²) in [5, 5.41) is 6.55. The molecule has 1 aliphatic heterocycles. The molecule has 0 saturated carbocycles. The topological polar surface area (TPSA) is 69.2 Å². The number of aryl methyl sites for hydroxylation is 1. The quantitative estimate of drug-likeness (QED) is 0.325. The highest BCUT2D eigenvalue weighted by Gasteiger charge is 2.13. The molecule has 1 saturated heterocycles. The maximum absolute atomic E-state index is 13.9. The van der Waals surface area contributed by atoms with Crippen LogP contribution in [0.4, 0.5) is 4.39 Å². The second-order valence-electron chi connectivity index (χ2n) is 7.21. The van der Waals surface area contributed by atoms with Crippen LogP contribution in [-0.4, -0.2) is 81.7 Å². The van der Waals surface area contributed by atoms with Crippen LogP contribution in [0.25, 0.3) is 0 Å². The minimum Gasteiger partial charge on any atom is -0.379 e. The predicted octanol–water partition coefficient (Wildman–Crippen LogP) is 1.77. The number of aliphatic imine (C=N–C) groups is 1. The monoisotopic (exact) mass is 521 g/mol. The third-order valence-corrected chi connectivity index (χ3v) is 4.74. The molecule has 1 atom stereocenters. The summed E-state index contributed by atoms with van der Waals surface area (Å²) < 4.78 is 19.3. The van der Waals surface area contributed by atoms with Gasteiger partial charge in [-0.2, -0.15) is 0 Å². The Bertz CT molecular complexity index is 681. The summed E-state index contributed by atoms with van der Waals surface area (Å²) in [7, 11) is 3.41. The molecule has 1 heterocycles. The summed E-state index contributed by atoms with van der Waals surface area (Å²) in [6.45, 7) is 8.63. The van der Waals surface area contributed by atoms with E-state index < -0.39 is 0 Å². The molecular formula is C20H33FIN5O2. The van der Waals surface area contributed by atoms with E-state index in [1.54, 1.807) is 27.1 Å². The summed E-state index contributed by atoms with van der Waals surface area (Å²) in [5.74, 6) is 0.230. The lowest BCUT2D eigenvalue weighted by Crippen LogP contribution is -2.45. The molecule has 2 rings (SSSR count). The van der Waals surface area contributed by atoms with E-state index in [9.17, 15) is 9.18 Å². The first-order valence-corrected chi connectivity index (χ1v) is 9.68. The van der Waals surface area contributed by atoms with Gasteiger partial charge in [-0.15, -0.1) is 24.0 Å². The predicted molar refractivity (Wildman–Crippen MR) is 124 cm³/mol. The van der Waals surface area contributed by atoms with Crippen molar-refractivity contribution in [3.05, 3.63) is 35.1 Å². The zero-order chi connectivity index (χ0) is 20.5. The van der Waals surface area contributed by atoms with E-state index in [2.05, 4.69) is 20.5 Å². The molecule has 7 nitrogen and oxygen atoms in total. The minimum absolute atomic E-state index is 0. The fourth-order valence-electron chi connectivity index (χ4n) is 2.76. The summed E-state index contributed by atoms with van der Waals surface area (Å²) >= 11 is 0. The van der Waals surface area contributed by atoms with Gasteiger partial charge in [-0.1, -0.05) is 12.1 Å². The Morgan fingerprint density at radius 2 is 2.03 bits per heavy atom. The summed E-state index contributed by atoms with van der Waals surface area (Å²) in [5.41, 5.74) is 1.44. The maximum atomic E-state index is 13.9. The molecule has 164 valence electrons. The number of halogens is 2. The molecule has 29 heavy (non-hydrogen) atoms. The number of hydrogen-bond donors (Lipinski definition) is 2. The molecule has 0 aliphatic carbocycles. The molecule has 1 aromatic carbocycles. The van der Waals surface area contributed by atoms with Gasteiger partial charge in [0.1, 0.15) is 12.4 Å². The fourth-order valence-corrected chi connectivity index (χ4v) is 2.76. The summed E-state index contributed by atoms with van der Waals surface area (Å²) in [6.07, 6.45) is 0. The van der Waals surface area contributed by atoms with E-state index >= 15 is 0 Å². The van der Waals surface area contributed by atoms with Crippen LogP contribution in [0.2, 0.25) is 0 Å². The van der Waals surface area contributed by atoms with E-state index in [1.807, 2.05) is 13.0 Å². The van der Waals surface area contributed by atoms with Crippen LogP contribution in [-0.2, 0) is 9.53 Å². The van der Waals surface area contributed by atoms with Gasteiger partial charge in [0, 0.05) is 40.3 Å². The largest absolute Gasteiger partial charge is 0.379 e. The molecular weight excluding hydrogens is 488 g/mol. The van der Waals surface area contributed by atoms with Crippen LogP contribution in [0, 0.1) is 12.7 Å². The summed E-state index contributed by atoms with van der Waals surface area (Å²) in [6, 6.07) is 5.04. The molecule has 1 aliphatic rings. The number of likely N-dealkylation sites (N-methyl/N-ethyl adjacent to an activating group) is 1. The minimum atomic E-state index is -0.229. The normalized spacial score (nSPS) is 16.0. The maximum Gasteiger partial charge on any atom is 0.243 e.